The second-order valence-corrected chi connectivity index (χ2v) is 7.05. The lowest BCUT2D eigenvalue weighted by Crippen LogP contribution is -2.41. The highest BCUT2D eigenvalue weighted by molar-refractivity contribution is 6.36. The Kier molecular flexibility index (Phi) is 7.74. The highest BCUT2D eigenvalue weighted by Crippen LogP contribution is 2.25. The maximum Gasteiger partial charge on any atom is 0.269 e. The molecule has 0 spiro atoms. The van der Waals surface area contributed by atoms with Crippen molar-refractivity contribution in [1.29, 1.82) is 0 Å². The lowest BCUT2D eigenvalue weighted by atomic mass is 10.2. The van der Waals surface area contributed by atoms with E-state index in [1.54, 1.807) is 12.1 Å². The summed E-state index contributed by atoms with van der Waals surface area (Å²) in [6.45, 7) is 0. The number of benzene rings is 2. The van der Waals surface area contributed by atoms with E-state index >= 15 is 0 Å². The van der Waals surface area contributed by atoms with Gasteiger partial charge in [0.25, 0.3) is 5.91 Å². The number of nitrogens with one attached hydrogen (secondary N) is 3. The fourth-order valence-electron chi connectivity index (χ4n) is 1.98. The van der Waals surface area contributed by atoms with Crippen LogP contribution in [0.1, 0.15) is 23.2 Å². The highest BCUT2D eigenvalue weighted by atomic mass is 35.5. The summed E-state index contributed by atoms with van der Waals surface area (Å²) in [7, 11) is 0. The molecule has 0 aliphatic heterocycles. The van der Waals surface area contributed by atoms with Crippen molar-refractivity contribution in [3.63, 3.8) is 0 Å². The van der Waals surface area contributed by atoms with E-state index in [2.05, 4.69) is 16.2 Å². The number of halogens is 4. The Labute approximate surface area is 175 Å². The minimum atomic E-state index is -0.592. The molecular weight excluding hydrogens is 436 g/mol. The van der Waals surface area contributed by atoms with Gasteiger partial charge in [0.1, 0.15) is 0 Å². The summed E-state index contributed by atoms with van der Waals surface area (Å²) in [5.74, 6) is -1.55. The van der Waals surface area contributed by atoms with E-state index in [1.807, 2.05) is 0 Å². The molecule has 2 aromatic rings. The second kappa shape index (κ2) is 9.80. The molecule has 27 heavy (non-hydrogen) atoms. The van der Waals surface area contributed by atoms with Crippen LogP contribution in [0, 0.1) is 0 Å². The summed E-state index contributed by atoms with van der Waals surface area (Å²) in [4.78, 5) is 35.6. The van der Waals surface area contributed by atoms with E-state index in [0.29, 0.717) is 10.7 Å². The van der Waals surface area contributed by atoms with Gasteiger partial charge in [-0.1, -0.05) is 46.4 Å². The molecule has 0 aromatic heterocycles. The minimum Gasteiger partial charge on any atom is -0.325 e. The molecule has 2 rings (SSSR count). The third kappa shape index (κ3) is 6.92. The van der Waals surface area contributed by atoms with Crippen molar-refractivity contribution in [2.75, 3.05) is 5.32 Å². The molecule has 3 N–H and O–H groups in total. The fourth-order valence-corrected chi connectivity index (χ4v) is 2.96. The lowest BCUT2D eigenvalue weighted by Gasteiger charge is -2.09. The standard InChI is InChI=1S/C17H13Cl4N3O3/c18-10-1-2-14(13(21)8-10)22-15(25)3-4-16(26)23-24-17(27)9-5-11(19)7-12(20)6-9/h1-2,5-8H,3-4H2,(H,22,25)(H,23,26)(H,24,27). The molecule has 0 atom stereocenters. The van der Waals surface area contributed by atoms with Crippen molar-refractivity contribution < 1.29 is 14.4 Å². The highest BCUT2D eigenvalue weighted by Gasteiger charge is 2.12. The molecule has 0 saturated heterocycles. The van der Waals surface area contributed by atoms with Crippen LogP contribution in [0.2, 0.25) is 20.1 Å². The van der Waals surface area contributed by atoms with E-state index in [1.165, 1.54) is 24.3 Å². The van der Waals surface area contributed by atoms with Crippen molar-refractivity contribution in [2.45, 2.75) is 12.8 Å². The fraction of sp³-hybridized carbons (Fsp3) is 0.118. The van der Waals surface area contributed by atoms with Crippen LogP contribution in [0.15, 0.2) is 36.4 Å². The largest absolute Gasteiger partial charge is 0.325 e. The molecule has 2 aromatic carbocycles. The van der Waals surface area contributed by atoms with Crippen LogP contribution < -0.4 is 16.2 Å². The van der Waals surface area contributed by atoms with Crippen LogP contribution in [-0.4, -0.2) is 17.7 Å². The first-order valence-electron chi connectivity index (χ1n) is 7.55. The molecule has 0 saturated carbocycles. The van der Waals surface area contributed by atoms with Crippen LogP contribution >= 0.6 is 46.4 Å². The van der Waals surface area contributed by atoms with Crippen molar-refractivity contribution in [2.24, 2.45) is 0 Å². The predicted octanol–water partition coefficient (Wildman–Crippen LogP) is 4.48. The lowest BCUT2D eigenvalue weighted by molar-refractivity contribution is -0.124. The van der Waals surface area contributed by atoms with Gasteiger partial charge in [-0.3, -0.25) is 25.2 Å². The third-order valence-electron chi connectivity index (χ3n) is 3.22. The molecule has 0 fully saturated rings. The van der Waals surface area contributed by atoms with Crippen LogP contribution in [0.5, 0.6) is 0 Å². The molecule has 6 nitrogen and oxygen atoms in total. The van der Waals surface area contributed by atoms with Crippen molar-refractivity contribution >= 4 is 69.8 Å². The van der Waals surface area contributed by atoms with E-state index in [0.717, 1.165) is 0 Å². The Morgan fingerprint density at radius 3 is 2.00 bits per heavy atom. The van der Waals surface area contributed by atoms with Crippen LogP contribution in [0.4, 0.5) is 5.69 Å². The average molecular weight is 449 g/mol. The number of hydrogen-bond acceptors (Lipinski definition) is 3. The van der Waals surface area contributed by atoms with Crippen molar-refractivity contribution in [3.05, 3.63) is 62.1 Å². The van der Waals surface area contributed by atoms with Gasteiger partial charge >= 0.3 is 0 Å². The molecule has 0 unspecified atom stereocenters. The van der Waals surface area contributed by atoms with Gasteiger partial charge in [-0.15, -0.1) is 0 Å². The van der Waals surface area contributed by atoms with Gasteiger partial charge in [-0.05, 0) is 36.4 Å². The van der Waals surface area contributed by atoms with E-state index < -0.39 is 17.7 Å². The second-order valence-electron chi connectivity index (χ2n) is 5.33. The Morgan fingerprint density at radius 1 is 0.741 bits per heavy atom. The summed E-state index contributed by atoms with van der Waals surface area (Å²) >= 11 is 23.4. The Bertz CT molecular complexity index is 869. The van der Waals surface area contributed by atoms with Crippen molar-refractivity contribution in [1.82, 2.24) is 10.9 Å². The third-order valence-corrected chi connectivity index (χ3v) is 4.21. The zero-order valence-corrected chi connectivity index (χ0v) is 16.6. The molecular formula is C17H13Cl4N3O3. The zero-order chi connectivity index (χ0) is 20.0. The number of carbonyl (C=O) groups excluding carboxylic acids is 3. The molecule has 3 amide bonds. The van der Waals surface area contributed by atoms with E-state index in [-0.39, 0.29) is 33.5 Å². The number of hydrazine groups is 1. The van der Waals surface area contributed by atoms with Gasteiger partial charge in [-0.25, -0.2) is 0 Å². The topological polar surface area (TPSA) is 87.3 Å². The van der Waals surface area contributed by atoms with Crippen LogP contribution in [0.3, 0.4) is 0 Å². The molecule has 0 aliphatic carbocycles. The SMILES string of the molecule is O=C(CCC(=O)Nc1ccc(Cl)cc1Cl)NNC(=O)c1cc(Cl)cc(Cl)c1. The van der Waals surface area contributed by atoms with Crippen LogP contribution in [0.25, 0.3) is 0 Å². The number of amides is 3. The normalized spacial score (nSPS) is 10.2. The quantitative estimate of drug-likeness (QED) is 0.589. The van der Waals surface area contributed by atoms with Gasteiger partial charge in [-0.2, -0.15) is 0 Å². The number of anilines is 1. The first-order chi connectivity index (χ1) is 12.7. The van der Waals surface area contributed by atoms with Crippen LogP contribution in [-0.2, 0) is 9.59 Å². The Balaban J connectivity index is 1.78. The first kappa shape index (κ1) is 21.3. The monoisotopic (exact) mass is 447 g/mol. The summed E-state index contributed by atoms with van der Waals surface area (Å²) < 4.78 is 0. The Hall–Kier alpha value is -1.99. The van der Waals surface area contributed by atoms with Crippen molar-refractivity contribution in [3.8, 4) is 0 Å². The smallest absolute Gasteiger partial charge is 0.269 e. The maximum absolute atomic E-state index is 12.0. The summed E-state index contributed by atoms with van der Waals surface area (Å²) in [5, 5.41) is 3.87. The van der Waals surface area contributed by atoms with Gasteiger partial charge in [0.15, 0.2) is 0 Å². The number of rotatable bonds is 5. The molecule has 10 heteroatoms. The molecule has 0 radical (unpaired) electrons. The minimum absolute atomic E-state index is 0.107. The summed E-state index contributed by atoms with van der Waals surface area (Å²) in [5.41, 5.74) is 5.00. The first-order valence-corrected chi connectivity index (χ1v) is 9.06. The van der Waals surface area contributed by atoms with E-state index in [9.17, 15) is 14.4 Å². The average Bonchev–Trinajstić information content (AvgIpc) is 2.59. The zero-order valence-electron chi connectivity index (χ0n) is 13.6. The molecule has 0 aliphatic rings. The Morgan fingerprint density at radius 2 is 1.37 bits per heavy atom. The van der Waals surface area contributed by atoms with Gasteiger partial charge < -0.3 is 5.32 Å². The maximum atomic E-state index is 12.0. The predicted molar refractivity (Wildman–Crippen MR) is 106 cm³/mol. The van der Waals surface area contributed by atoms with E-state index in [4.69, 9.17) is 46.4 Å². The van der Waals surface area contributed by atoms with Gasteiger partial charge in [0.05, 0.1) is 10.7 Å². The summed E-state index contributed by atoms with van der Waals surface area (Å²) in [6, 6.07) is 8.90. The number of carbonyl (C=O) groups is 3. The summed E-state index contributed by atoms with van der Waals surface area (Å²) in [6.07, 6.45) is -0.253. The molecule has 142 valence electrons. The van der Waals surface area contributed by atoms with Gasteiger partial charge in [0.2, 0.25) is 11.8 Å². The number of hydrogen-bond donors (Lipinski definition) is 3. The van der Waals surface area contributed by atoms with Gasteiger partial charge in [0, 0.05) is 33.5 Å². The molecule has 0 bridgehead atoms. The molecule has 0 heterocycles.